The normalized spacial score (nSPS) is 10.6. The van der Waals surface area contributed by atoms with Crippen molar-refractivity contribution in [3.8, 4) is 10.6 Å². The van der Waals surface area contributed by atoms with Crippen molar-refractivity contribution in [1.82, 2.24) is 9.88 Å². The van der Waals surface area contributed by atoms with Crippen LogP contribution in [0.1, 0.15) is 31.9 Å². The van der Waals surface area contributed by atoms with Crippen LogP contribution in [0.3, 0.4) is 0 Å². The van der Waals surface area contributed by atoms with Crippen LogP contribution < -0.4 is 5.32 Å². The number of benzene rings is 1. The molecule has 24 heavy (non-hydrogen) atoms. The van der Waals surface area contributed by atoms with Gasteiger partial charge in [0.2, 0.25) is 0 Å². The molecule has 0 saturated heterocycles. The molecule has 0 fully saturated rings. The zero-order valence-electron chi connectivity index (χ0n) is 14.3. The first-order valence-electron chi connectivity index (χ1n) is 8.33. The van der Waals surface area contributed by atoms with Gasteiger partial charge in [0, 0.05) is 42.0 Å². The average molecular weight is 347 g/mol. The lowest BCUT2D eigenvalue weighted by molar-refractivity contribution is 0.201. The molecule has 0 aliphatic heterocycles. The molecular formula is C18H25N3O2S. The van der Waals surface area contributed by atoms with Crippen molar-refractivity contribution < 1.29 is 9.90 Å². The van der Waals surface area contributed by atoms with Gasteiger partial charge in [-0.25, -0.2) is 9.78 Å². The molecule has 0 saturated carbocycles. The number of aliphatic hydroxyl groups is 1. The number of carbonyl (C=O) groups is 1. The van der Waals surface area contributed by atoms with Crippen molar-refractivity contribution >= 4 is 23.1 Å². The van der Waals surface area contributed by atoms with E-state index in [-0.39, 0.29) is 12.6 Å². The van der Waals surface area contributed by atoms with Gasteiger partial charge in [0.05, 0.1) is 0 Å². The van der Waals surface area contributed by atoms with E-state index in [2.05, 4.69) is 17.2 Å². The molecule has 0 aliphatic carbocycles. The maximum atomic E-state index is 12.5. The van der Waals surface area contributed by atoms with Crippen LogP contribution in [-0.2, 0) is 0 Å². The molecule has 6 heteroatoms. The molecular weight excluding hydrogens is 322 g/mol. The van der Waals surface area contributed by atoms with Gasteiger partial charge in [0.25, 0.3) is 0 Å². The molecule has 1 aromatic heterocycles. The van der Waals surface area contributed by atoms with Gasteiger partial charge in [0.15, 0.2) is 0 Å². The second-order valence-electron chi connectivity index (χ2n) is 5.72. The fourth-order valence-electron chi connectivity index (χ4n) is 2.34. The van der Waals surface area contributed by atoms with Crippen LogP contribution >= 0.6 is 11.3 Å². The maximum absolute atomic E-state index is 12.5. The summed E-state index contributed by atoms with van der Waals surface area (Å²) in [5, 5.41) is 14.9. The Balaban J connectivity index is 2.06. The molecule has 1 aromatic carbocycles. The number of nitrogens with one attached hydrogen (secondary N) is 1. The van der Waals surface area contributed by atoms with Gasteiger partial charge in [-0.05, 0) is 31.9 Å². The molecule has 0 radical (unpaired) electrons. The third-order valence-electron chi connectivity index (χ3n) is 3.63. The van der Waals surface area contributed by atoms with Gasteiger partial charge in [-0.1, -0.05) is 25.5 Å². The summed E-state index contributed by atoms with van der Waals surface area (Å²) in [6.07, 6.45) is 2.58. The number of hydrogen-bond acceptors (Lipinski definition) is 4. The van der Waals surface area contributed by atoms with Crippen molar-refractivity contribution in [2.45, 2.75) is 33.1 Å². The van der Waals surface area contributed by atoms with Crippen molar-refractivity contribution in [3.63, 3.8) is 0 Å². The highest BCUT2D eigenvalue weighted by atomic mass is 32.1. The summed E-state index contributed by atoms with van der Waals surface area (Å²) in [4.78, 5) is 18.7. The monoisotopic (exact) mass is 347 g/mol. The molecule has 0 bridgehead atoms. The molecule has 0 aliphatic rings. The minimum atomic E-state index is -0.121. The second-order valence-corrected chi connectivity index (χ2v) is 6.58. The Morgan fingerprint density at radius 1 is 1.33 bits per heavy atom. The highest BCUT2D eigenvalue weighted by Crippen LogP contribution is 2.26. The van der Waals surface area contributed by atoms with Crippen LogP contribution in [0.2, 0.25) is 0 Å². The van der Waals surface area contributed by atoms with Crippen molar-refractivity contribution in [2.24, 2.45) is 0 Å². The Bertz CT molecular complexity index is 649. The topological polar surface area (TPSA) is 65.5 Å². The van der Waals surface area contributed by atoms with E-state index in [9.17, 15) is 4.79 Å². The standard InChI is InChI=1S/C18H25N3O2S/c1-3-4-9-21(10-6-11-22)18(23)20-16-8-5-7-15(12-16)17-19-14(2)13-24-17/h5,7-8,12-13,22H,3-4,6,9-11H2,1-2H3,(H,20,23). The number of thiazole rings is 1. The Morgan fingerprint density at radius 3 is 2.79 bits per heavy atom. The lowest BCUT2D eigenvalue weighted by Gasteiger charge is -2.22. The Morgan fingerprint density at radius 2 is 2.12 bits per heavy atom. The van der Waals surface area contributed by atoms with Crippen LogP contribution in [0.4, 0.5) is 10.5 Å². The van der Waals surface area contributed by atoms with E-state index in [0.29, 0.717) is 19.5 Å². The molecule has 130 valence electrons. The fraction of sp³-hybridized carbons (Fsp3) is 0.444. The third kappa shape index (κ3) is 5.32. The minimum absolute atomic E-state index is 0.0921. The van der Waals surface area contributed by atoms with Gasteiger partial charge >= 0.3 is 6.03 Å². The van der Waals surface area contributed by atoms with E-state index >= 15 is 0 Å². The Hall–Kier alpha value is -1.92. The van der Waals surface area contributed by atoms with Gasteiger partial charge in [-0.3, -0.25) is 0 Å². The summed E-state index contributed by atoms with van der Waals surface area (Å²) in [7, 11) is 0. The number of anilines is 1. The van der Waals surface area contributed by atoms with Crippen molar-refractivity contribution in [1.29, 1.82) is 0 Å². The number of aromatic nitrogens is 1. The number of carbonyl (C=O) groups excluding carboxylic acids is 1. The number of rotatable bonds is 8. The average Bonchev–Trinajstić information content (AvgIpc) is 3.01. The molecule has 0 atom stereocenters. The smallest absolute Gasteiger partial charge is 0.321 e. The Kier molecular flexibility index (Phi) is 7.21. The highest BCUT2D eigenvalue weighted by Gasteiger charge is 2.13. The number of amides is 2. The van der Waals surface area contributed by atoms with E-state index in [1.807, 2.05) is 36.6 Å². The van der Waals surface area contributed by atoms with E-state index in [1.54, 1.807) is 16.2 Å². The molecule has 0 spiro atoms. The maximum Gasteiger partial charge on any atom is 0.321 e. The largest absolute Gasteiger partial charge is 0.396 e. The van der Waals surface area contributed by atoms with E-state index < -0.39 is 0 Å². The van der Waals surface area contributed by atoms with Crippen molar-refractivity contribution in [2.75, 3.05) is 25.0 Å². The first kappa shape index (κ1) is 18.4. The number of nitrogens with zero attached hydrogens (tertiary/aromatic N) is 2. The summed E-state index contributed by atoms with van der Waals surface area (Å²) in [5.41, 5.74) is 2.76. The van der Waals surface area contributed by atoms with E-state index in [0.717, 1.165) is 34.8 Å². The zero-order valence-corrected chi connectivity index (χ0v) is 15.1. The molecule has 5 nitrogen and oxygen atoms in total. The summed E-state index contributed by atoms with van der Waals surface area (Å²) < 4.78 is 0. The summed E-state index contributed by atoms with van der Waals surface area (Å²) in [6, 6.07) is 7.62. The molecule has 0 unspecified atom stereocenters. The molecule has 2 N–H and O–H groups in total. The SMILES string of the molecule is CCCCN(CCCO)C(=O)Nc1cccc(-c2nc(C)cs2)c1. The second kappa shape index (κ2) is 9.39. The summed E-state index contributed by atoms with van der Waals surface area (Å²) >= 11 is 1.60. The van der Waals surface area contributed by atoms with Crippen LogP contribution in [0, 0.1) is 6.92 Å². The van der Waals surface area contributed by atoms with Gasteiger partial charge in [0.1, 0.15) is 5.01 Å². The van der Waals surface area contributed by atoms with Gasteiger partial charge in [-0.2, -0.15) is 0 Å². The molecule has 2 rings (SSSR count). The van der Waals surface area contributed by atoms with E-state index in [1.165, 1.54) is 0 Å². The zero-order chi connectivity index (χ0) is 17.4. The van der Waals surface area contributed by atoms with Crippen LogP contribution in [-0.4, -0.2) is 40.7 Å². The lowest BCUT2D eigenvalue weighted by Crippen LogP contribution is -2.36. The fourth-order valence-corrected chi connectivity index (χ4v) is 3.14. The van der Waals surface area contributed by atoms with Crippen LogP contribution in [0.5, 0.6) is 0 Å². The lowest BCUT2D eigenvalue weighted by atomic mass is 10.2. The third-order valence-corrected chi connectivity index (χ3v) is 4.64. The number of aliphatic hydroxyl groups excluding tert-OH is 1. The number of unbranched alkanes of at least 4 members (excludes halogenated alkanes) is 1. The van der Waals surface area contributed by atoms with E-state index in [4.69, 9.17) is 5.11 Å². The summed E-state index contributed by atoms with van der Waals surface area (Å²) in [5.74, 6) is 0. The van der Waals surface area contributed by atoms with Crippen LogP contribution in [0.15, 0.2) is 29.6 Å². The Labute approximate surface area is 147 Å². The van der Waals surface area contributed by atoms with Crippen LogP contribution in [0.25, 0.3) is 10.6 Å². The summed E-state index contributed by atoms with van der Waals surface area (Å²) in [6.45, 7) is 5.43. The number of aryl methyl sites for hydroxylation is 1. The van der Waals surface area contributed by atoms with Gasteiger partial charge < -0.3 is 15.3 Å². The highest BCUT2D eigenvalue weighted by molar-refractivity contribution is 7.13. The molecule has 1 heterocycles. The van der Waals surface area contributed by atoms with Crippen molar-refractivity contribution in [3.05, 3.63) is 35.3 Å². The predicted molar refractivity (Wildman–Crippen MR) is 99.5 cm³/mol. The molecule has 2 aromatic rings. The first-order chi connectivity index (χ1) is 11.6. The number of urea groups is 1. The minimum Gasteiger partial charge on any atom is -0.396 e. The first-order valence-corrected chi connectivity index (χ1v) is 9.21. The molecule has 2 amide bonds. The number of hydrogen-bond donors (Lipinski definition) is 2. The van der Waals surface area contributed by atoms with Gasteiger partial charge in [-0.15, -0.1) is 11.3 Å². The quantitative estimate of drug-likeness (QED) is 0.754. The predicted octanol–water partition coefficient (Wildman–Crippen LogP) is 4.13.